The molecule has 0 radical (unpaired) electrons. The third-order valence-corrected chi connectivity index (χ3v) is 5.61. The predicted octanol–water partition coefficient (Wildman–Crippen LogP) is 3.92. The summed E-state index contributed by atoms with van der Waals surface area (Å²) in [6.07, 6.45) is -4.90. The van der Waals surface area contributed by atoms with Crippen molar-refractivity contribution in [1.82, 2.24) is 0 Å². The van der Waals surface area contributed by atoms with Crippen LogP contribution in [0.25, 0.3) is 0 Å². The van der Waals surface area contributed by atoms with E-state index in [-0.39, 0.29) is 0 Å². The highest BCUT2D eigenvalue weighted by Crippen LogP contribution is 2.64. The molecule has 1 rings (SSSR count). The predicted molar refractivity (Wildman–Crippen MR) is 51.0 cm³/mol. The fraction of sp³-hybridized carbons (Fsp3) is 0.500. The lowest BCUT2D eigenvalue weighted by Crippen LogP contribution is -2.22. The van der Waals surface area contributed by atoms with E-state index < -0.39 is 27.1 Å². The lowest BCUT2D eigenvalue weighted by molar-refractivity contribution is -0.0593. The fourth-order valence-corrected chi connectivity index (χ4v) is 6.07. The molecule has 1 aliphatic heterocycles. The summed E-state index contributed by atoms with van der Waals surface area (Å²) >= 11 is 10.5. The van der Waals surface area contributed by atoms with Gasteiger partial charge < -0.3 is 0 Å². The minimum Gasteiger partial charge on any atom is -0.209 e. The summed E-state index contributed by atoms with van der Waals surface area (Å²) in [4.78, 5) is 0. The highest BCUT2D eigenvalue weighted by atomic mass is 35.9. The zero-order valence-corrected chi connectivity index (χ0v) is 9.85. The summed E-state index contributed by atoms with van der Waals surface area (Å²) in [5, 5.41) is 0. The Labute approximate surface area is 90.9 Å². The van der Waals surface area contributed by atoms with Crippen LogP contribution in [0, 0.1) is 0 Å². The standard InChI is InChI=1S/C2Cl3F3N3OPS/c3-13(4)9-1(2(6,7)8)10-14(5,12)11-13. The number of halogens is 6. The van der Waals surface area contributed by atoms with Crippen molar-refractivity contribution in [1.29, 1.82) is 0 Å². The van der Waals surface area contributed by atoms with Crippen LogP contribution in [0.15, 0.2) is 13.3 Å². The molecule has 4 nitrogen and oxygen atoms in total. The van der Waals surface area contributed by atoms with Gasteiger partial charge in [-0.15, -0.1) is 8.53 Å². The topological polar surface area (TPSA) is 54.1 Å². The molecule has 0 N–H and O–H groups in total. The second-order valence-electron chi connectivity index (χ2n) is 1.98. The summed E-state index contributed by atoms with van der Waals surface area (Å²) in [5.41, 5.74) is 0. The van der Waals surface area contributed by atoms with E-state index in [4.69, 9.17) is 33.2 Å². The Morgan fingerprint density at radius 2 is 1.86 bits per heavy atom. The number of amidine groups is 1. The second kappa shape index (κ2) is 3.52. The van der Waals surface area contributed by atoms with Crippen LogP contribution in [0.1, 0.15) is 0 Å². The SMILES string of the molecule is O=S1(Cl)=NP(Cl)(Cl)=NC(C(F)(F)F)=N1. The van der Waals surface area contributed by atoms with Gasteiger partial charge in [0, 0.05) is 10.7 Å². The van der Waals surface area contributed by atoms with Gasteiger partial charge in [0.2, 0.25) is 15.0 Å². The molecule has 0 saturated heterocycles. The maximum absolute atomic E-state index is 12.1. The van der Waals surface area contributed by atoms with Crippen molar-refractivity contribution in [2.75, 3.05) is 0 Å². The minimum absolute atomic E-state index is 1.70. The van der Waals surface area contributed by atoms with E-state index in [1.165, 1.54) is 0 Å². The maximum Gasteiger partial charge on any atom is 0.452 e. The quantitative estimate of drug-likeness (QED) is 0.494. The van der Waals surface area contributed by atoms with Crippen molar-refractivity contribution in [2.24, 2.45) is 13.3 Å². The molecule has 0 aliphatic carbocycles. The van der Waals surface area contributed by atoms with Gasteiger partial charge in [-0.05, 0) is 22.5 Å². The molecule has 1 unspecified atom stereocenters. The number of nitrogens with zero attached hydrogens (tertiary/aromatic N) is 3. The molecule has 0 saturated carbocycles. The van der Waals surface area contributed by atoms with E-state index >= 15 is 0 Å². The van der Waals surface area contributed by atoms with Crippen LogP contribution in [-0.4, -0.2) is 16.2 Å². The Bertz CT molecular complexity index is 456. The third-order valence-electron chi connectivity index (χ3n) is 0.867. The molecule has 82 valence electrons. The first-order valence-corrected chi connectivity index (χ1v) is 8.49. The average Bonchev–Trinajstić information content (AvgIpc) is 1.76. The van der Waals surface area contributed by atoms with Gasteiger partial charge in [-0.25, -0.2) is 4.21 Å². The van der Waals surface area contributed by atoms with Crippen molar-refractivity contribution < 1.29 is 17.4 Å². The number of hydrogen-bond donors (Lipinski definition) is 0. The van der Waals surface area contributed by atoms with E-state index in [1.807, 2.05) is 0 Å². The van der Waals surface area contributed by atoms with Crippen LogP contribution in [0.3, 0.4) is 0 Å². The molecule has 0 aromatic rings. The van der Waals surface area contributed by atoms with Crippen LogP contribution in [0.2, 0.25) is 0 Å². The van der Waals surface area contributed by atoms with E-state index in [0.29, 0.717) is 0 Å². The molecule has 14 heavy (non-hydrogen) atoms. The lowest BCUT2D eigenvalue weighted by atomic mass is 10.6. The number of hydrogen-bond acceptors (Lipinski definition) is 3. The summed E-state index contributed by atoms with van der Waals surface area (Å²) in [7, 11) is 1.11. The van der Waals surface area contributed by atoms with Crippen molar-refractivity contribution >= 4 is 54.0 Å². The first-order valence-electron chi connectivity index (χ1n) is 2.69. The molecular formula is C2Cl3F3N3OPS. The molecule has 1 aliphatic rings. The van der Waals surface area contributed by atoms with Crippen molar-refractivity contribution in [3.8, 4) is 0 Å². The molecule has 0 fully saturated rings. The second-order valence-corrected chi connectivity index (χ2v) is 9.35. The minimum atomic E-state index is -4.90. The average molecular weight is 308 g/mol. The molecule has 0 aromatic carbocycles. The molecule has 1 atom stereocenters. The molecule has 0 aromatic heterocycles. The van der Waals surface area contributed by atoms with Gasteiger partial charge in [-0.3, -0.25) is 0 Å². The summed E-state index contributed by atoms with van der Waals surface area (Å²) in [5.74, 6) is -5.38. The van der Waals surface area contributed by atoms with E-state index in [9.17, 15) is 17.4 Å². The van der Waals surface area contributed by atoms with E-state index in [1.54, 1.807) is 0 Å². The molecular weight excluding hydrogens is 308 g/mol. The number of alkyl halides is 3. The van der Waals surface area contributed by atoms with Gasteiger partial charge in [-0.1, -0.05) is 0 Å². The molecule has 0 amide bonds. The van der Waals surface area contributed by atoms with Gasteiger partial charge in [0.05, 0.1) is 0 Å². The Morgan fingerprint density at radius 3 is 2.21 bits per heavy atom. The zero-order chi connectivity index (χ0) is 11.2. The lowest BCUT2D eigenvalue weighted by Gasteiger charge is -2.12. The highest BCUT2D eigenvalue weighted by Gasteiger charge is 2.41. The third kappa shape index (κ3) is 3.27. The van der Waals surface area contributed by atoms with E-state index in [2.05, 4.69) is 13.3 Å². The van der Waals surface area contributed by atoms with Crippen molar-refractivity contribution in [2.45, 2.75) is 6.18 Å². The van der Waals surface area contributed by atoms with Crippen LogP contribution < -0.4 is 0 Å². The van der Waals surface area contributed by atoms with Crippen LogP contribution in [0.4, 0.5) is 13.2 Å². The first kappa shape index (κ1) is 12.6. The van der Waals surface area contributed by atoms with Gasteiger partial charge in [0.25, 0.3) is 5.91 Å². The Hall–Kier alpha value is 0.510. The molecule has 0 bridgehead atoms. The molecule has 0 spiro atoms. The van der Waals surface area contributed by atoms with Gasteiger partial charge >= 0.3 is 6.18 Å². The molecule has 1 heterocycles. The smallest absolute Gasteiger partial charge is 0.209 e. The van der Waals surface area contributed by atoms with E-state index in [0.717, 1.165) is 0 Å². The van der Waals surface area contributed by atoms with Gasteiger partial charge in [-0.2, -0.15) is 17.9 Å². The summed E-state index contributed by atoms with van der Waals surface area (Å²) in [6.45, 7) is 0. The summed E-state index contributed by atoms with van der Waals surface area (Å²) < 4.78 is 55.6. The van der Waals surface area contributed by atoms with Gasteiger partial charge in [0.1, 0.15) is 0 Å². The van der Waals surface area contributed by atoms with Gasteiger partial charge in [0.15, 0.2) is 0 Å². The maximum atomic E-state index is 12.1. The summed E-state index contributed by atoms with van der Waals surface area (Å²) in [6, 6.07) is 0. The van der Waals surface area contributed by atoms with Crippen molar-refractivity contribution in [3.05, 3.63) is 0 Å². The Morgan fingerprint density at radius 1 is 1.36 bits per heavy atom. The normalized spacial score (nSPS) is 31.4. The Kier molecular flexibility index (Phi) is 3.16. The molecule has 12 heteroatoms. The Balaban J connectivity index is 3.43. The van der Waals surface area contributed by atoms with Crippen molar-refractivity contribution in [3.63, 3.8) is 0 Å². The largest absolute Gasteiger partial charge is 0.452 e. The van der Waals surface area contributed by atoms with Crippen LogP contribution in [-0.2, 0) is 9.13 Å². The highest BCUT2D eigenvalue weighted by molar-refractivity contribution is 8.22. The fourth-order valence-electron chi connectivity index (χ4n) is 0.505. The zero-order valence-electron chi connectivity index (χ0n) is 5.87. The monoisotopic (exact) mass is 307 g/mol. The van der Waals surface area contributed by atoms with Crippen LogP contribution in [0.5, 0.6) is 0 Å². The first-order chi connectivity index (χ1) is 6.02. The number of rotatable bonds is 0. The van der Waals surface area contributed by atoms with Crippen LogP contribution >= 0.6 is 39.1 Å².